The third-order valence-corrected chi connectivity index (χ3v) is 3.64. The predicted octanol–water partition coefficient (Wildman–Crippen LogP) is 3.09. The first kappa shape index (κ1) is 14.4. The minimum atomic E-state index is -0.100. The van der Waals surface area contributed by atoms with Crippen LogP contribution in [-0.2, 0) is 6.54 Å². The highest BCUT2D eigenvalue weighted by Crippen LogP contribution is 2.32. The van der Waals surface area contributed by atoms with E-state index in [1.165, 1.54) is 0 Å². The monoisotopic (exact) mass is 297 g/mol. The number of hydrogen-bond acceptors (Lipinski definition) is 3. The summed E-state index contributed by atoms with van der Waals surface area (Å²) in [5.41, 5.74) is 2.58. The molecule has 114 valence electrons. The van der Waals surface area contributed by atoms with Gasteiger partial charge < -0.3 is 14.8 Å². The summed E-state index contributed by atoms with van der Waals surface area (Å²) in [4.78, 5) is 12.4. The van der Waals surface area contributed by atoms with Crippen molar-refractivity contribution in [2.24, 2.45) is 0 Å². The molecule has 0 radical (unpaired) electrons. The van der Waals surface area contributed by atoms with Crippen molar-refractivity contribution < 1.29 is 14.3 Å². The summed E-state index contributed by atoms with van der Waals surface area (Å²) in [5.74, 6) is 1.26. The van der Waals surface area contributed by atoms with Crippen LogP contribution in [0.4, 0.5) is 0 Å². The van der Waals surface area contributed by atoms with Gasteiger partial charge in [0.05, 0.1) is 13.2 Å². The molecule has 0 atom stereocenters. The van der Waals surface area contributed by atoms with Gasteiger partial charge in [-0.15, -0.1) is 0 Å². The summed E-state index contributed by atoms with van der Waals surface area (Å²) < 4.78 is 11.3. The lowest BCUT2D eigenvalue weighted by molar-refractivity contribution is 0.0950. The maximum absolute atomic E-state index is 12.4. The maximum atomic E-state index is 12.4. The predicted molar refractivity (Wildman–Crippen MR) is 84.4 cm³/mol. The molecule has 2 aromatic rings. The molecule has 0 saturated carbocycles. The molecule has 22 heavy (non-hydrogen) atoms. The number of ether oxygens (including phenoxy) is 2. The number of aryl methyl sites for hydroxylation is 1. The van der Waals surface area contributed by atoms with Gasteiger partial charge in [0.15, 0.2) is 11.5 Å². The minimum Gasteiger partial charge on any atom is -0.490 e. The van der Waals surface area contributed by atoms with Crippen molar-refractivity contribution in [2.75, 3.05) is 13.2 Å². The Morgan fingerprint density at radius 3 is 2.50 bits per heavy atom. The van der Waals surface area contributed by atoms with Crippen LogP contribution in [0.3, 0.4) is 0 Å². The van der Waals surface area contributed by atoms with Crippen LogP contribution in [0.15, 0.2) is 42.5 Å². The van der Waals surface area contributed by atoms with E-state index in [2.05, 4.69) is 5.32 Å². The number of nitrogens with one attached hydrogen (secondary N) is 1. The van der Waals surface area contributed by atoms with Gasteiger partial charge in [-0.25, -0.2) is 0 Å². The number of amides is 1. The van der Waals surface area contributed by atoms with Crippen molar-refractivity contribution in [3.05, 3.63) is 59.2 Å². The number of fused-ring (bicyclic) bond motifs is 1. The van der Waals surface area contributed by atoms with Crippen molar-refractivity contribution in [1.29, 1.82) is 0 Å². The Bertz CT molecular complexity index is 668. The van der Waals surface area contributed by atoms with Crippen molar-refractivity contribution in [3.63, 3.8) is 0 Å². The molecule has 0 bridgehead atoms. The first-order chi connectivity index (χ1) is 10.7. The average Bonchev–Trinajstić information content (AvgIpc) is 2.77. The van der Waals surface area contributed by atoms with E-state index in [4.69, 9.17) is 9.47 Å². The Kier molecular flexibility index (Phi) is 4.28. The zero-order valence-electron chi connectivity index (χ0n) is 12.6. The summed E-state index contributed by atoms with van der Waals surface area (Å²) >= 11 is 0. The molecule has 1 N–H and O–H groups in total. The van der Waals surface area contributed by atoms with Gasteiger partial charge in [0.2, 0.25) is 0 Å². The Morgan fingerprint density at radius 1 is 1.09 bits per heavy atom. The fourth-order valence-corrected chi connectivity index (χ4v) is 2.43. The van der Waals surface area contributed by atoms with E-state index in [1.807, 2.05) is 43.3 Å². The molecule has 3 rings (SSSR count). The maximum Gasteiger partial charge on any atom is 0.251 e. The molecule has 1 heterocycles. The highest BCUT2D eigenvalue weighted by Gasteiger charge is 2.17. The van der Waals surface area contributed by atoms with Crippen LogP contribution in [0, 0.1) is 6.92 Å². The zero-order valence-corrected chi connectivity index (χ0v) is 12.6. The van der Waals surface area contributed by atoms with Gasteiger partial charge >= 0.3 is 0 Å². The van der Waals surface area contributed by atoms with E-state index < -0.39 is 0 Å². The highest BCUT2D eigenvalue weighted by molar-refractivity contribution is 5.96. The number of carbonyl (C=O) groups excluding carboxylic acids is 1. The van der Waals surface area contributed by atoms with Crippen molar-refractivity contribution in [3.8, 4) is 11.5 Å². The van der Waals surface area contributed by atoms with E-state index in [0.29, 0.717) is 31.1 Å². The van der Waals surface area contributed by atoms with Gasteiger partial charge in [0.25, 0.3) is 5.91 Å². The van der Waals surface area contributed by atoms with E-state index in [1.54, 1.807) is 6.07 Å². The molecule has 0 fully saturated rings. The van der Waals surface area contributed by atoms with Gasteiger partial charge in [-0.3, -0.25) is 4.79 Å². The number of hydrogen-bond donors (Lipinski definition) is 1. The summed E-state index contributed by atoms with van der Waals surface area (Å²) in [6.07, 6.45) is 0.850. The fourth-order valence-electron chi connectivity index (χ4n) is 2.43. The summed E-state index contributed by atoms with van der Waals surface area (Å²) in [6.45, 7) is 3.67. The first-order valence-electron chi connectivity index (χ1n) is 7.46. The van der Waals surface area contributed by atoms with Gasteiger partial charge in [-0.2, -0.15) is 0 Å². The fraction of sp³-hybridized carbons (Fsp3) is 0.278. The molecular weight excluding hydrogens is 278 g/mol. The van der Waals surface area contributed by atoms with Crippen LogP contribution < -0.4 is 14.8 Å². The van der Waals surface area contributed by atoms with E-state index in [0.717, 1.165) is 23.3 Å². The van der Waals surface area contributed by atoms with Crippen molar-refractivity contribution >= 4 is 5.91 Å². The normalized spacial score (nSPS) is 13.3. The lowest BCUT2D eigenvalue weighted by Crippen LogP contribution is -2.23. The summed E-state index contributed by atoms with van der Waals surface area (Å²) in [6, 6.07) is 13.5. The van der Waals surface area contributed by atoms with E-state index >= 15 is 0 Å². The molecule has 1 aliphatic rings. The largest absolute Gasteiger partial charge is 0.490 e. The van der Waals surface area contributed by atoms with E-state index in [-0.39, 0.29) is 5.91 Å². The smallest absolute Gasteiger partial charge is 0.251 e. The Morgan fingerprint density at radius 2 is 1.77 bits per heavy atom. The first-order valence-corrected chi connectivity index (χ1v) is 7.46. The molecule has 1 aliphatic heterocycles. The molecule has 0 unspecified atom stereocenters. The SMILES string of the molecule is Cc1cc2c(cc1C(=O)NCc1ccccc1)OCCCO2. The lowest BCUT2D eigenvalue weighted by Gasteiger charge is -2.12. The third kappa shape index (κ3) is 3.22. The highest BCUT2D eigenvalue weighted by atomic mass is 16.5. The minimum absolute atomic E-state index is 0.100. The lowest BCUT2D eigenvalue weighted by atomic mass is 10.1. The third-order valence-electron chi connectivity index (χ3n) is 3.64. The van der Waals surface area contributed by atoms with Crippen molar-refractivity contribution in [2.45, 2.75) is 19.9 Å². The average molecular weight is 297 g/mol. The molecule has 1 amide bonds. The second kappa shape index (κ2) is 6.52. The molecule has 4 nitrogen and oxygen atoms in total. The second-order valence-corrected chi connectivity index (χ2v) is 5.33. The van der Waals surface area contributed by atoms with Crippen LogP contribution in [0.1, 0.15) is 27.9 Å². The van der Waals surface area contributed by atoms with Crippen LogP contribution >= 0.6 is 0 Å². The molecule has 0 aromatic heterocycles. The van der Waals surface area contributed by atoms with Gasteiger partial charge in [-0.1, -0.05) is 30.3 Å². The van der Waals surface area contributed by atoms with E-state index in [9.17, 15) is 4.79 Å². The second-order valence-electron chi connectivity index (χ2n) is 5.33. The van der Waals surface area contributed by atoms with Crippen LogP contribution in [0.25, 0.3) is 0 Å². The van der Waals surface area contributed by atoms with Crippen LogP contribution in [0.2, 0.25) is 0 Å². The summed E-state index contributed by atoms with van der Waals surface area (Å²) in [5, 5.41) is 2.94. The quantitative estimate of drug-likeness (QED) is 0.947. The zero-order chi connectivity index (χ0) is 15.4. The summed E-state index contributed by atoms with van der Waals surface area (Å²) in [7, 11) is 0. The molecule has 4 heteroatoms. The standard InChI is InChI=1S/C18H19NO3/c1-13-10-16-17(22-9-5-8-21-16)11-15(13)18(20)19-12-14-6-3-2-4-7-14/h2-4,6-7,10-11H,5,8-9,12H2,1H3,(H,19,20). The van der Waals surface area contributed by atoms with Gasteiger partial charge in [0, 0.05) is 18.5 Å². The van der Waals surface area contributed by atoms with Gasteiger partial charge in [-0.05, 0) is 30.2 Å². The van der Waals surface area contributed by atoms with Gasteiger partial charge in [0.1, 0.15) is 0 Å². The molecular formula is C18H19NO3. The molecule has 2 aromatic carbocycles. The number of benzene rings is 2. The topological polar surface area (TPSA) is 47.6 Å². The number of carbonyl (C=O) groups is 1. The molecule has 0 aliphatic carbocycles. The van der Waals surface area contributed by atoms with Crippen LogP contribution in [0.5, 0.6) is 11.5 Å². The molecule has 0 saturated heterocycles. The van der Waals surface area contributed by atoms with Crippen molar-refractivity contribution in [1.82, 2.24) is 5.32 Å². The Labute approximate surface area is 130 Å². The number of rotatable bonds is 3. The Hall–Kier alpha value is -2.49. The molecule has 0 spiro atoms. The Balaban J connectivity index is 1.76. The van der Waals surface area contributed by atoms with Crippen LogP contribution in [-0.4, -0.2) is 19.1 Å².